The van der Waals surface area contributed by atoms with Crippen molar-refractivity contribution in [3.05, 3.63) is 95.8 Å². The van der Waals surface area contributed by atoms with Crippen molar-refractivity contribution in [2.45, 2.75) is 19.7 Å². The lowest BCUT2D eigenvalue weighted by Gasteiger charge is -2.08. The average molecular weight is 474 g/mol. The van der Waals surface area contributed by atoms with Crippen LogP contribution in [0.4, 0.5) is 0 Å². The molecule has 27 heavy (non-hydrogen) atoms. The van der Waals surface area contributed by atoms with Gasteiger partial charge in [-0.15, -0.1) is 24.0 Å². The van der Waals surface area contributed by atoms with Crippen molar-refractivity contribution in [3.63, 3.8) is 0 Å². The highest BCUT2D eigenvalue weighted by atomic mass is 127. The number of halogens is 1. The van der Waals surface area contributed by atoms with Crippen LogP contribution in [0, 0.1) is 0 Å². The summed E-state index contributed by atoms with van der Waals surface area (Å²) >= 11 is 0. The molecule has 0 aliphatic rings. The lowest BCUT2D eigenvalue weighted by Crippen LogP contribution is -2.31. The van der Waals surface area contributed by atoms with E-state index in [1.807, 2.05) is 72.8 Å². The molecule has 0 amide bonds. The number of hydrogen-bond acceptors (Lipinski definition) is 3. The molecule has 1 heterocycles. The van der Waals surface area contributed by atoms with E-state index < -0.39 is 0 Å². The summed E-state index contributed by atoms with van der Waals surface area (Å²) < 4.78 is 5.79. The summed E-state index contributed by atoms with van der Waals surface area (Å²) in [5.74, 6) is 1.22. The summed E-state index contributed by atoms with van der Waals surface area (Å²) in [6.45, 7) is 1.59. The second-order valence-corrected chi connectivity index (χ2v) is 5.80. The Labute approximate surface area is 176 Å². The molecule has 0 saturated heterocycles. The first-order chi connectivity index (χ1) is 12.8. The minimum Gasteiger partial charge on any atom is -0.487 e. The summed E-state index contributed by atoms with van der Waals surface area (Å²) in [5, 5.41) is 3.12. The van der Waals surface area contributed by atoms with E-state index >= 15 is 0 Å². The highest BCUT2D eigenvalue weighted by Gasteiger charge is 2.00. The quantitative estimate of drug-likeness (QED) is 0.310. The van der Waals surface area contributed by atoms with E-state index in [2.05, 4.69) is 15.3 Å². The van der Waals surface area contributed by atoms with Gasteiger partial charge in [0.05, 0.1) is 12.2 Å². The van der Waals surface area contributed by atoms with E-state index in [1.165, 1.54) is 0 Å². The van der Waals surface area contributed by atoms with E-state index in [4.69, 9.17) is 10.5 Å². The van der Waals surface area contributed by atoms with Crippen LogP contribution in [0.3, 0.4) is 0 Å². The summed E-state index contributed by atoms with van der Waals surface area (Å²) in [7, 11) is 0. The third-order valence-corrected chi connectivity index (χ3v) is 3.76. The van der Waals surface area contributed by atoms with Gasteiger partial charge in [-0.1, -0.05) is 48.5 Å². The third-order valence-electron chi connectivity index (χ3n) is 3.76. The molecule has 0 bridgehead atoms. The van der Waals surface area contributed by atoms with Crippen molar-refractivity contribution in [1.29, 1.82) is 0 Å². The summed E-state index contributed by atoms with van der Waals surface area (Å²) in [5.41, 5.74) is 9.03. The number of ether oxygens (including phenoxy) is 1. The number of nitrogens with one attached hydrogen (secondary N) is 1. The molecular formula is C21H23IN4O. The van der Waals surface area contributed by atoms with Gasteiger partial charge in [0.25, 0.3) is 0 Å². The summed E-state index contributed by atoms with van der Waals surface area (Å²) in [6, 6.07) is 23.7. The Morgan fingerprint density at radius 1 is 0.963 bits per heavy atom. The van der Waals surface area contributed by atoms with E-state index in [0.717, 1.165) is 22.6 Å². The maximum Gasteiger partial charge on any atom is 0.189 e. The van der Waals surface area contributed by atoms with Crippen LogP contribution in [-0.4, -0.2) is 10.9 Å². The molecule has 1 aromatic heterocycles. The fraction of sp³-hybridized carbons (Fsp3) is 0.143. The van der Waals surface area contributed by atoms with Crippen molar-refractivity contribution in [1.82, 2.24) is 10.3 Å². The molecule has 3 aromatic rings. The Balaban J connectivity index is 0.00000261. The Morgan fingerprint density at radius 2 is 1.74 bits per heavy atom. The van der Waals surface area contributed by atoms with Gasteiger partial charge in [-0.3, -0.25) is 4.98 Å². The lowest BCUT2D eigenvalue weighted by molar-refractivity contribution is 0.301. The predicted molar refractivity (Wildman–Crippen MR) is 119 cm³/mol. The monoisotopic (exact) mass is 474 g/mol. The minimum absolute atomic E-state index is 0. The third kappa shape index (κ3) is 7.26. The molecule has 5 nitrogen and oxygen atoms in total. The van der Waals surface area contributed by atoms with E-state index in [9.17, 15) is 0 Å². The van der Waals surface area contributed by atoms with Crippen molar-refractivity contribution in [2.75, 3.05) is 0 Å². The standard InChI is InChI=1S/C21H22N4O.HI/c22-21(24-14-17-7-2-1-3-8-17)25-15-18-9-6-11-20(13-18)26-16-19-10-4-5-12-23-19;/h1-13H,14-16H2,(H3,22,24,25);1H. The first kappa shape index (κ1) is 20.7. The van der Waals surface area contributed by atoms with Gasteiger partial charge in [0.15, 0.2) is 5.96 Å². The van der Waals surface area contributed by atoms with Gasteiger partial charge in [0.1, 0.15) is 12.4 Å². The van der Waals surface area contributed by atoms with Gasteiger partial charge >= 0.3 is 0 Å². The summed E-state index contributed by atoms with van der Waals surface area (Å²) in [6.07, 6.45) is 1.76. The maximum atomic E-state index is 5.94. The van der Waals surface area contributed by atoms with Crippen molar-refractivity contribution in [3.8, 4) is 5.75 Å². The van der Waals surface area contributed by atoms with Crippen LogP contribution < -0.4 is 15.8 Å². The number of hydrogen-bond donors (Lipinski definition) is 2. The molecule has 0 unspecified atom stereocenters. The van der Waals surface area contributed by atoms with Crippen molar-refractivity contribution >= 4 is 29.9 Å². The van der Waals surface area contributed by atoms with Crippen LogP contribution in [0.2, 0.25) is 0 Å². The Hall–Kier alpha value is -2.61. The van der Waals surface area contributed by atoms with Crippen LogP contribution in [0.25, 0.3) is 0 Å². The first-order valence-corrected chi connectivity index (χ1v) is 8.49. The molecule has 0 aliphatic carbocycles. The molecule has 0 atom stereocenters. The molecule has 2 aromatic carbocycles. The number of aliphatic imine (C=N–C) groups is 1. The predicted octanol–water partition coefficient (Wildman–Crippen LogP) is 3.88. The van der Waals surface area contributed by atoms with Gasteiger partial charge in [0, 0.05) is 12.7 Å². The number of pyridine rings is 1. The molecule has 6 heteroatoms. The fourth-order valence-corrected chi connectivity index (χ4v) is 2.40. The SMILES string of the molecule is I.NC(=NCc1cccc(OCc2ccccn2)c1)NCc1ccccc1. The van der Waals surface area contributed by atoms with Crippen molar-refractivity contribution < 1.29 is 4.74 Å². The van der Waals surface area contributed by atoms with Crippen LogP contribution in [-0.2, 0) is 19.7 Å². The zero-order valence-electron chi connectivity index (χ0n) is 14.9. The Morgan fingerprint density at radius 3 is 2.52 bits per heavy atom. The second kappa shape index (κ2) is 11.2. The Bertz CT molecular complexity index is 841. The maximum absolute atomic E-state index is 5.94. The topological polar surface area (TPSA) is 72.5 Å². The molecule has 0 spiro atoms. The minimum atomic E-state index is 0. The van der Waals surface area contributed by atoms with E-state index in [1.54, 1.807) is 6.20 Å². The Kier molecular flexibility index (Phi) is 8.57. The molecule has 0 saturated carbocycles. The number of benzene rings is 2. The number of nitrogens with two attached hydrogens (primary N) is 1. The fourth-order valence-electron chi connectivity index (χ4n) is 2.40. The zero-order valence-corrected chi connectivity index (χ0v) is 17.2. The van der Waals surface area contributed by atoms with Gasteiger partial charge in [-0.25, -0.2) is 4.99 Å². The van der Waals surface area contributed by atoms with E-state index in [0.29, 0.717) is 25.7 Å². The molecule has 3 rings (SSSR count). The van der Waals surface area contributed by atoms with Crippen molar-refractivity contribution in [2.24, 2.45) is 10.7 Å². The van der Waals surface area contributed by atoms with Crippen LogP contribution in [0.1, 0.15) is 16.8 Å². The van der Waals surface area contributed by atoms with Gasteiger partial charge in [0.2, 0.25) is 0 Å². The normalized spacial score (nSPS) is 10.7. The van der Waals surface area contributed by atoms with Gasteiger partial charge in [-0.2, -0.15) is 0 Å². The van der Waals surface area contributed by atoms with Gasteiger partial charge in [-0.05, 0) is 35.4 Å². The number of nitrogens with zero attached hydrogens (tertiary/aromatic N) is 2. The highest BCUT2D eigenvalue weighted by molar-refractivity contribution is 14.0. The number of guanidine groups is 1. The molecular weight excluding hydrogens is 451 g/mol. The zero-order chi connectivity index (χ0) is 18.0. The molecule has 0 radical (unpaired) electrons. The molecule has 0 fully saturated rings. The molecule has 140 valence electrons. The highest BCUT2D eigenvalue weighted by Crippen LogP contribution is 2.15. The van der Waals surface area contributed by atoms with Gasteiger partial charge < -0.3 is 15.8 Å². The number of rotatable bonds is 7. The molecule has 0 aliphatic heterocycles. The van der Waals surface area contributed by atoms with Crippen LogP contribution >= 0.6 is 24.0 Å². The number of aromatic nitrogens is 1. The van der Waals surface area contributed by atoms with Crippen LogP contribution in [0.5, 0.6) is 5.75 Å². The van der Waals surface area contributed by atoms with E-state index in [-0.39, 0.29) is 24.0 Å². The van der Waals surface area contributed by atoms with Crippen LogP contribution in [0.15, 0.2) is 84.0 Å². The average Bonchev–Trinajstić information content (AvgIpc) is 2.71. The molecule has 3 N–H and O–H groups in total. The smallest absolute Gasteiger partial charge is 0.189 e. The first-order valence-electron chi connectivity index (χ1n) is 8.49. The lowest BCUT2D eigenvalue weighted by atomic mass is 10.2. The largest absolute Gasteiger partial charge is 0.487 e. The second-order valence-electron chi connectivity index (χ2n) is 5.80. The summed E-state index contributed by atoms with van der Waals surface area (Å²) in [4.78, 5) is 8.63.